The highest BCUT2D eigenvalue weighted by Gasteiger charge is 2.15. The van der Waals surface area contributed by atoms with E-state index in [1.165, 1.54) is 12.5 Å². The van der Waals surface area contributed by atoms with Crippen LogP contribution < -0.4 is 0 Å². The monoisotopic (exact) mass is 201 g/mol. The lowest BCUT2D eigenvalue weighted by atomic mass is 10.0. The lowest BCUT2D eigenvalue weighted by molar-refractivity contribution is 0.100. The van der Waals surface area contributed by atoms with Gasteiger partial charge < -0.3 is 4.42 Å². The van der Waals surface area contributed by atoms with E-state index in [-0.39, 0.29) is 11.7 Å². The molecule has 76 valence electrons. The number of benzene rings is 1. The topological polar surface area (TPSA) is 43.1 Å². The van der Waals surface area contributed by atoms with E-state index < -0.39 is 0 Å². The average molecular weight is 201 g/mol. The predicted octanol–water partition coefficient (Wildman–Crippen LogP) is 2.52. The predicted molar refractivity (Wildman–Crippen MR) is 55.9 cm³/mol. The van der Waals surface area contributed by atoms with Crippen molar-refractivity contribution in [2.24, 2.45) is 0 Å². The van der Waals surface area contributed by atoms with E-state index >= 15 is 0 Å². The first-order valence-corrected chi connectivity index (χ1v) is 4.70. The molecule has 0 saturated heterocycles. The lowest BCUT2D eigenvalue weighted by Crippen LogP contribution is -2.04. The van der Waals surface area contributed by atoms with Gasteiger partial charge >= 0.3 is 0 Å². The third kappa shape index (κ3) is 1.81. The zero-order valence-corrected chi connectivity index (χ0v) is 8.65. The fourth-order valence-electron chi connectivity index (χ4n) is 1.52. The van der Waals surface area contributed by atoms with Crippen LogP contribution in [0.5, 0.6) is 0 Å². The molecule has 0 unspecified atom stereocenters. The average Bonchev–Trinajstić information content (AvgIpc) is 2.69. The number of oxazole rings is 1. The second-order valence-electron chi connectivity index (χ2n) is 3.48. The standard InChI is InChI=1S/C12H11NO2/c1-8-3-4-10(9(2)7-8)11(14)12-13-5-6-15-12/h3-7H,1-2H3. The molecule has 2 aromatic rings. The van der Waals surface area contributed by atoms with Gasteiger partial charge in [0, 0.05) is 5.56 Å². The molecule has 0 amide bonds. The van der Waals surface area contributed by atoms with Gasteiger partial charge in [-0.05, 0) is 19.4 Å². The van der Waals surface area contributed by atoms with E-state index in [1.54, 1.807) is 6.07 Å². The van der Waals surface area contributed by atoms with Gasteiger partial charge in [0.05, 0.1) is 6.20 Å². The van der Waals surface area contributed by atoms with Gasteiger partial charge in [0.15, 0.2) is 0 Å². The van der Waals surface area contributed by atoms with E-state index in [0.29, 0.717) is 5.56 Å². The van der Waals surface area contributed by atoms with Crippen LogP contribution in [0.15, 0.2) is 35.1 Å². The van der Waals surface area contributed by atoms with Crippen molar-refractivity contribution >= 4 is 5.78 Å². The molecule has 0 radical (unpaired) electrons. The lowest BCUT2D eigenvalue weighted by Gasteiger charge is -2.02. The van der Waals surface area contributed by atoms with Crippen molar-refractivity contribution in [2.45, 2.75) is 13.8 Å². The highest BCUT2D eigenvalue weighted by atomic mass is 16.3. The van der Waals surface area contributed by atoms with Crippen molar-refractivity contribution in [2.75, 3.05) is 0 Å². The smallest absolute Gasteiger partial charge is 0.268 e. The Morgan fingerprint density at radius 2 is 2.13 bits per heavy atom. The molecule has 0 bridgehead atoms. The Labute approximate surface area is 87.8 Å². The summed E-state index contributed by atoms with van der Waals surface area (Å²) >= 11 is 0. The minimum absolute atomic E-state index is 0.141. The fraction of sp³-hybridized carbons (Fsp3) is 0.167. The number of carbonyl (C=O) groups excluding carboxylic acids is 1. The quantitative estimate of drug-likeness (QED) is 0.701. The molecular weight excluding hydrogens is 190 g/mol. The van der Waals surface area contributed by atoms with E-state index in [4.69, 9.17) is 4.42 Å². The highest BCUT2D eigenvalue weighted by Crippen LogP contribution is 2.14. The molecule has 3 heteroatoms. The second kappa shape index (κ2) is 3.69. The van der Waals surface area contributed by atoms with E-state index in [0.717, 1.165) is 11.1 Å². The summed E-state index contributed by atoms with van der Waals surface area (Å²) in [6, 6.07) is 5.68. The van der Waals surface area contributed by atoms with Gasteiger partial charge in [0.1, 0.15) is 6.26 Å². The van der Waals surface area contributed by atoms with Crippen LogP contribution in [0.4, 0.5) is 0 Å². The Morgan fingerprint density at radius 1 is 1.33 bits per heavy atom. The van der Waals surface area contributed by atoms with Gasteiger partial charge in [0.25, 0.3) is 5.89 Å². The molecule has 0 aliphatic carbocycles. The van der Waals surface area contributed by atoms with Crippen LogP contribution in [-0.2, 0) is 0 Å². The first kappa shape index (κ1) is 9.65. The van der Waals surface area contributed by atoms with Crippen LogP contribution in [0.1, 0.15) is 27.4 Å². The number of ketones is 1. The summed E-state index contributed by atoms with van der Waals surface area (Å²) < 4.78 is 4.97. The zero-order chi connectivity index (χ0) is 10.8. The molecule has 15 heavy (non-hydrogen) atoms. The summed E-state index contributed by atoms with van der Waals surface area (Å²) in [5.74, 6) is -0.0283. The van der Waals surface area contributed by atoms with Crippen LogP contribution in [-0.4, -0.2) is 10.8 Å². The molecule has 1 aromatic heterocycles. The number of carbonyl (C=O) groups is 1. The Hall–Kier alpha value is -1.90. The van der Waals surface area contributed by atoms with Crippen molar-refractivity contribution in [3.8, 4) is 0 Å². The summed E-state index contributed by atoms with van der Waals surface area (Å²) in [6.45, 7) is 3.90. The molecular formula is C12H11NO2. The first-order chi connectivity index (χ1) is 7.18. The fourth-order valence-corrected chi connectivity index (χ4v) is 1.52. The molecule has 0 N–H and O–H groups in total. The number of aryl methyl sites for hydroxylation is 2. The summed E-state index contributed by atoms with van der Waals surface area (Å²) in [4.78, 5) is 15.7. The maximum absolute atomic E-state index is 11.9. The molecule has 1 aromatic carbocycles. The maximum atomic E-state index is 11.9. The van der Waals surface area contributed by atoms with Crippen molar-refractivity contribution < 1.29 is 9.21 Å². The Morgan fingerprint density at radius 3 is 2.73 bits per heavy atom. The van der Waals surface area contributed by atoms with Crippen molar-refractivity contribution in [1.29, 1.82) is 0 Å². The molecule has 1 heterocycles. The van der Waals surface area contributed by atoms with Crippen LogP contribution in [0, 0.1) is 13.8 Å². The zero-order valence-electron chi connectivity index (χ0n) is 8.65. The van der Waals surface area contributed by atoms with Crippen LogP contribution >= 0.6 is 0 Å². The van der Waals surface area contributed by atoms with Gasteiger partial charge in [-0.2, -0.15) is 0 Å². The summed E-state index contributed by atoms with van der Waals surface area (Å²) in [7, 11) is 0. The number of hydrogen-bond donors (Lipinski definition) is 0. The normalized spacial score (nSPS) is 10.3. The van der Waals surface area contributed by atoms with Gasteiger partial charge in [0.2, 0.25) is 5.78 Å². The molecule has 3 nitrogen and oxygen atoms in total. The number of aromatic nitrogens is 1. The third-order valence-corrected chi connectivity index (χ3v) is 2.25. The minimum atomic E-state index is -0.169. The molecule has 0 fully saturated rings. The van der Waals surface area contributed by atoms with E-state index in [9.17, 15) is 4.79 Å². The Balaban J connectivity index is 2.42. The molecule has 0 atom stereocenters. The third-order valence-electron chi connectivity index (χ3n) is 2.25. The van der Waals surface area contributed by atoms with Gasteiger partial charge in [-0.25, -0.2) is 4.98 Å². The summed E-state index contributed by atoms with van der Waals surface area (Å²) in [5, 5.41) is 0. The maximum Gasteiger partial charge on any atom is 0.268 e. The van der Waals surface area contributed by atoms with Gasteiger partial charge in [-0.15, -0.1) is 0 Å². The summed E-state index contributed by atoms with van der Waals surface area (Å²) in [6.07, 6.45) is 2.87. The van der Waals surface area contributed by atoms with E-state index in [2.05, 4.69) is 4.98 Å². The summed E-state index contributed by atoms with van der Waals surface area (Å²) in [5.41, 5.74) is 2.72. The van der Waals surface area contributed by atoms with Crippen LogP contribution in [0.3, 0.4) is 0 Å². The number of hydrogen-bond acceptors (Lipinski definition) is 3. The molecule has 0 aliphatic heterocycles. The highest BCUT2D eigenvalue weighted by molar-refractivity contribution is 6.06. The first-order valence-electron chi connectivity index (χ1n) is 4.70. The molecule has 0 aliphatic rings. The number of rotatable bonds is 2. The largest absolute Gasteiger partial charge is 0.442 e. The van der Waals surface area contributed by atoms with Gasteiger partial charge in [-0.3, -0.25) is 4.79 Å². The minimum Gasteiger partial charge on any atom is -0.442 e. The van der Waals surface area contributed by atoms with Crippen LogP contribution in [0.25, 0.3) is 0 Å². The van der Waals surface area contributed by atoms with E-state index in [1.807, 2.05) is 26.0 Å². The second-order valence-corrected chi connectivity index (χ2v) is 3.48. The Kier molecular flexibility index (Phi) is 2.37. The SMILES string of the molecule is Cc1ccc(C(=O)c2ncco2)c(C)c1. The van der Waals surface area contributed by atoms with Crippen molar-refractivity contribution in [1.82, 2.24) is 4.98 Å². The van der Waals surface area contributed by atoms with Crippen LogP contribution in [0.2, 0.25) is 0 Å². The molecule has 0 spiro atoms. The van der Waals surface area contributed by atoms with Gasteiger partial charge in [-0.1, -0.05) is 23.8 Å². The van der Waals surface area contributed by atoms with Crippen molar-refractivity contribution in [3.05, 3.63) is 53.2 Å². The molecule has 0 saturated carbocycles. The Bertz CT molecular complexity index is 486. The molecule has 2 rings (SSSR count). The number of nitrogens with zero attached hydrogens (tertiary/aromatic N) is 1. The van der Waals surface area contributed by atoms with Crippen molar-refractivity contribution in [3.63, 3.8) is 0 Å².